The highest BCUT2D eigenvalue weighted by atomic mass is 28.5. The Morgan fingerprint density at radius 2 is 1.19 bits per heavy atom. The fourth-order valence-corrected chi connectivity index (χ4v) is 16.2. The molecule has 0 saturated carbocycles. The van der Waals surface area contributed by atoms with Gasteiger partial charge in [-0.15, -0.1) is 0 Å². The van der Waals surface area contributed by atoms with E-state index < -0.39 is 25.7 Å². The van der Waals surface area contributed by atoms with Crippen LogP contribution in [0, 0.1) is 0 Å². The molecule has 3 unspecified atom stereocenters. The van der Waals surface area contributed by atoms with Crippen molar-refractivity contribution in [2.24, 2.45) is 0 Å². The molecule has 7 heteroatoms. The molecule has 0 aromatic rings. The molecule has 0 radical (unpaired) electrons. The highest BCUT2D eigenvalue weighted by molar-refractivity contribution is 6.85. The third-order valence-corrected chi connectivity index (χ3v) is 15.5. The summed E-state index contributed by atoms with van der Waals surface area (Å²) in [5.74, 6) is 0. The minimum atomic E-state index is -2.62. The first-order valence-corrected chi connectivity index (χ1v) is 16.0. The van der Waals surface area contributed by atoms with E-state index in [0.717, 1.165) is 37.4 Å². The Morgan fingerprint density at radius 1 is 0.714 bits per heavy atom. The van der Waals surface area contributed by atoms with E-state index in [1.165, 1.54) is 0 Å². The molecule has 0 aromatic carbocycles. The van der Waals surface area contributed by atoms with Crippen LogP contribution in [-0.2, 0) is 12.7 Å². The van der Waals surface area contributed by atoms with Crippen LogP contribution in [0.15, 0.2) is 0 Å². The molecule has 4 nitrogen and oxygen atoms in total. The van der Waals surface area contributed by atoms with Crippen molar-refractivity contribution in [2.45, 2.75) is 84.7 Å². The molecular formula is C14H36O4Si3. The molecule has 0 aliphatic rings. The van der Waals surface area contributed by atoms with E-state index in [1.807, 2.05) is 13.5 Å². The Bertz CT molecular complexity index is 283. The molecule has 1 N–H and O–H groups in total. The van der Waals surface area contributed by atoms with Gasteiger partial charge in [-0.25, -0.2) is 0 Å². The maximum atomic E-state index is 10.6. The van der Waals surface area contributed by atoms with Crippen molar-refractivity contribution in [3.05, 3.63) is 0 Å². The van der Waals surface area contributed by atoms with Crippen LogP contribution >= 0.6 is 0 Å². The van der Waals surface area contributed by atoms with Crippen LogP contribution in [-0.4, -0.2) is 37.1 Å². The summed E-state index contributed by atoms with van der Waals surface area (Å²) in [6.07, 6.45) is 3.02. The van der Waals surface area contributed by atoms with Gasteiger partial charge in [0.2, 0.25) is 0 Å². The maximum Gasteiger partial charge on any atom is 0.326 e. The summed E-state index contributed by atoms with van der Waals surface area (Å²) in [6, 6.07) is 2.66. The van der Waals surface area contributed by atoms with Crippen molar-refractivity contribution in [3.8, 4) is 0 Å². The lowest BCUT2D eigenvalue weighted by atomic mass is 10.6. The van der Waals surface area contributed by atoms with Gasteiger partial charge in [0, 0.05) is 6.61 Å². The highest BCUT2D eigenvalue weighted by Gasteiger charge is 2.46. The second-order valence-electron chi connectivity index (χ2n) is 6.33. The van der Waals surface area contributed by atoms with E-state index in [-0.39, 0.29) is 0 Å². The Balaban J connectivity index is 5.07. The molecule has 0 bridgehead atoms. The molecule has 0 spiro atoms. The lowest BCUT2D eigenvalue weighted by molar-refractivity contribution is 0.223. The van der Waals surface area contributed by atoms with Gasteiger partial charge in [0.1, 0.15) is 0 Å². The zero-order valence-corrected chi connectivity index (χ0v) is 18.1. The standard InChI is InChI=1S/C14H36O4Si3/c1-8-12-19(5,15)17-21(7,14-10-3)18-20(6,13-9-2)16-11-4/h15H,8-14H2,1-7H3. The molecule has 21 heavy (non-hydrogen) atoms. The average molecular weight is 353 g/mol. The van der Waals surface area contributed by atoms with Crippen LogP contribution in [0.3, 0.4) is 0 Å². The van der Waals surface area contributed by atoms with E-state index in [9.17, 15) is 4.80 Å². The van der Waals surface area contributed by atoms with E-state index >= 15 is 0 Å². The van der Waals surface area contributed by atoms with Gasteiger partial charge in [0.15, 0.2) is 0 Å². The Morgan fingerprint density at radius 3 is 1.62 bits per heavy atom. The summed E-state index contributed by atoms with van der Waals surface area (Å²) in [5.41, 5.74) is 0. The molecular weight excluding hydrogens is 316 g/mol. The van der Waals surface area contributed by atoms with Gasteiger partial charge in [-0.1, -0.05) is 40.0 Å². The van der Waals surface area contributed by atoms with Crippen molar-refractivity contribution in [2.75, 3.05) is 6.61 Å². The van der Waals surface area contributed by atoms with Crippen LogP contribution in [0.2, 0.25) is 37.8 Å². The number of rotatable bonds is 12. The smallest absolute Gasteiger partial charge is 0.326 e. The Hall–Kier alpha value is 0.491. The molecule has 0 aromatic heterocycles. The first-order chi connectivity index (χ1) is 9.66. The third-order valence-electron chi connectivity index (χ3n) is 3.44. The van der Waals surface area contributed by atoms with Gasteiger partial charge in [-0.2, -0.15) is 0 Å². The van der Waals surface area contributed by atoms with Crippen LogP contribution in [0.4, 0.5) is 0 Å². The quantitative estimate of drug-likeness (QED) is 0.526. The first kappa shape index (κ1) is 21.5. The van der Waals surface area contributed by atoms with Gasteiger partial charge < -0.3 is 17.5 Å². The maximum absolute atomic E-state index is 10.6. The second kappa shape index (κ2) is 9.59. The average Bonchev–Trinajstić information content (AvgIpc) is 2.27. The highest BCUT2D eigenvalue weighted by Crippen LogP contribution is 2.29. The van der Waals surface area contributed by atoms with Gasteiger partial charge in [0.05, 0.1) is 0 Å². The van der Waals surface area contributed by atoms with Crippen molar-refractivity contribution in [1.29, 1.82) is 0 Å². The molecule has 0 aliphatic heterocycles. The molecule has 0 fully saturated rings. The van der Waals surface area contributed by atoms with E-state index in [4.69, 9.17) is 12.7 Å². The minimum absolute atomic E-state index is 0.683. The minimum Gasteiger partial charge on any atom is -0.415 e. The molecule has 0 amide bonds. The monoisotopic (exact) mass is 352 g/mol. The number of hydrogen-bond donors (Lipinski definition) is 1. The number of hydrogen-bond acceptors (Lipinski definition) is 4. The van der Waals surface area contributed by atoms with Crippen LogP contribution in [0.1, 0.15) is 47.0 Å². The summed E-state index contributed by atoms with van der Waals surface area (Å²) in [4.78, 5) is 10.6. The summed E-state index contributed by atoms with van der Waals surface area (Å²) in [7, 11) is -7.20. The fourth-order valence-electron chi connectivity index (χ4n) is 2.93. The predicted molar refractivity (Wildman–Crippen MR) is 96.2 cm³/mol. The van der Waals surface area contributed by atoms with Gasteiger partial charge in [-0.3, -0.25) is 0 Å². The van der Waals surface area contributed by atoms with Crippen LogP contribution in [0.25, 0.3) is 0 Å². The topological polar surface area (TPSA) is 47.9 Å². The molecule has 0 saturated heterocycles. The summed E-state index contributed by atoms with van der Waals surface area (Å²) in [6.45, 7) is 15.2. The molecule has 3 atom stereocenters. The first-order valence-electron chi connectivity index (χ1n) is 8.42. The van der Waals surface area contributed by atoms with E-state index in [0.29, 0.717) is 6.61 Å². The fraction of sp³-hybridized carbons (Fsp3) is 1.00. The largest absolute Gasteiger partial charge is 0.415 e. The molecule has 0 heterocycles. The Labute approximate surface area is 135 Å². The molecule has 128 valence electrons. The summed E-state index contributed by atoms with van der Waals surface area (Å²) < 4.78 is 18.8. The van der Waals surface area contributed by atoms with Crippen molar-refractivity contribution >= 4 is 25.7 Å². The van der Waals surface area contributed by atoms with Gasteiger partial charge in [0.25, 0.3) is 0 Å². The van der Waals surface area contributed by atoms with Crippen molar-refractivity contribution in [1.82, 2.24) is 0 Å². The van der Waals surface area contributed by atoms with Crippen molar-refractivity contribution in [3.63, 3.8) is 0 Å². The van der Waals surface area contributed by atoms with E-state index in [2.05, 4.69) is 33.9 Å². The lowest BCUT2D eigenvalue weighted by Gasteiger charge is -2.40. The van der Waals surface area contributed by atoms with Gasteiger partial charge in [-0.05, 0) is 44.7 Å². The second-order valence-corrected chi connectivity index (χ2v) is 16.6. The third kappa shape index (κ3) is 8.63. The zero-order chi connectivity index (χ0) is 16.6. The molecule has 0 aliphatic carbocycles. The normalized spacial score (nSPS) is 20.6. The molecule has 0 rings (SSSR count). The lowest BCUT2D eigenvalue weighted by Crippen LogP contribution is -2.57. The summed E-state index contributed by atoms with van der Waals surface area (Å²) in [5, 5.41) is 0. The zero-order valence-electron chi connectivity index (χ0n) is 15.1. The SMILES string of the molecule is CCC[Si](C)(O)O[Si](C)(CCC)O[Si](C)(CCC)OCC. The van der Waals surface area contributed by atoms with Crippen molar-refractivity contribution < 1.29 is 17.5 Å². The van der Waals surface area contributed by atoms with E-state index in [1.54, 1.807) is 0 Å². The summed E-state index contributed by atoms with van der Waals surface area (Å²) >= 11 is 0. The Kier molecular flexibility index (Phi) is 9.81. The van der Waals surface area contributed by atoms with Crippen LogP contribution in [0.5, 0.6) is 0 Å². The van der Waals surface area contributed by atoms with Gasteiger partial charge >= 0.3 is 25.7 Å². The van der Waals surface area contributed by atoms with Crippen LogP contribution < -0.4 is 0 Å². The predicted octanol–water partition coefficient (Wildman–Crippen LogP) is 4.49.